The largest absolute Gasteiger partial charge is 0.454 e. The Morgan fingerprint density at radius 1 is 1.43 bits per heavy atom. The Labute approximate surface area is 129 Å². The van der Waals surface area contributed by atoms with E-state index in [1.54, 1.807) is 0 Å². The summed E-state index contributed by atoms with van der Waals surface area (Å²) in [4.78, 5) is 12.2. The summed E-state index contributed by atoms with van der Waals surface area (Å²) in [5.41, 5.74) is 0.915. The Hall–Kier alpha value is -1.50. The predicted octanol–water partition coefficient (Wildman–Crippen LogP) is 0.830. The quantitative estimate of drug-likeness (QED) is 0.865. The average molecular weight is 315 g/mol. The minimum Gasteiger partial charge on any atom is -0.454 e. The van der Waals surface area contributed by atoms with Crippen molar-refractivity contribution in [2.75, 3.05) is 19.9 Å². The van der Waals surface area contributed by atoms with E-state index in [-0.39, 0.29) is 37.3 Å². The first-order chi connectivity index (χ1) is 9.75. The molecule has 1 aromatic rings. The molecular weight excluding hydrogens is 296 g/mol. The third-order valence-corrected chi connectivity index (χ3v) is 3.53. The molecule has 0 spiro atoms. The first kappa shape index (κ1) is 15.9. The maximum absolute atomic E-state index is 12.2. The molecule has 1 saturated heterocycles. The summed E-state index contributed by atoms with van der Waals surface area (Å²) in [6, 6.07) is 5.35. The second kappa shape index (κ2) is 6.98. The molecule has 7 heteroatoms. The SMILES string of the molecule is C[C@H]1OCCN[C@@H]1C(=O)NCc1cccc2c1OCO2.Cl. The molecule has 0 aliphatic carbocycles. The molecular formula is C14H19ClN2O4. The third kappa shape index (κ3) is 3.40. The molecule has 0 aromatic heterocycles. The molecule has 2 heterocycles. The number of halogens is 1. The number of fused-ring (bicyclic) bond motifs is 1. The summed E-state index contributed by atoms with van der Waals surface area (Å²) < 4.78 is 16.2. The number of amides is 1. The van der Waals surface area contributed by atoms with Gasteiger partial charge in [0.15, 0.2) is 11.5 Å². The Balaban J connectivity index is 0.00000161. The van der Waals surface area contributed by atoms with Crippen LogP contribution in [0.25, 0.3) is 0 Å². The second-order valence-corrected chi connectivity index (χ2v) is 4.88. The van der Waals surface area contributed by atoms with Crippen LogP contribution in [0.3, 0.4) is 0 Å². The molecule has 2 N–H and O–H groups in total. The topological polar surface area (TPSA) is 68.8 Å². The monoisotopic (exact) mass is 314 g/mol. The molecule has 0 unspecified atom stereocenters. The molecule has 0 radical (unpaired) electrons. The highest BCUT2D eigenvalue weighted by Crippen LogP contribution is 2.35. The van der Waals surface area contributed by atoms with Gasteiger partial charge in [0.2, 0.25) is 12.7 Å². The fraction of sp³-hybridized carbons (Fsp3) is 0.500. The average Bonchev–Trinajstić information content (AvgIpc) is 2.94. The van der Waals surface area contributed by atoms with Crippen molar-refractivity contribution in [2.24, 2.45) is 0 Å². The van der Waals surface area contributed by atoms with E-state index in [0.717, 1.165) is 11.3 Å². The standard InChI is InChI=1S/C14H18N2O4.ClH/c1-9-12(15-5-6-18-9)14(17)16-7-10-3-2-4-11-13(10)20-8-19-11;/h2-4,9,12,15H,5-8H2,1H3,(H,16,17);1H/t9-,12+;/m1./s1. The van der Waals surface area contributed by atoms with Crippen LogP contribution in [0.4, 0.5) is 0 Å². The summed E-state index contributed by atoms with van der Waals surface area (Å²) in [5, 5.41) is 6.08. The number of nitrogens with one attached hydrogen (secondary N) is 2. The van der Waals surface area contributed by atoms with Crippen LogP contribution < -0.4 is 20.1 Å². The summed E-state index contributed by atoms with van der Waals surface area (Å²) in [6.07, 6.45) is -0.121. The number of carbonyl (C=O) groups excluding carboxylic acids is 1. The minimum atomic E-state index is -0.308. The second-order valence-electron chi connectivity index (χ2n) is 4.88. The van der Waals surface area contributed by atoms with Crippen LogP contribution in [0, 0.1) is 0 Å². The maximum atomic E-state index is 12.2. The van der Waals surface area contributed by atoms with E-state index in [1.165, 1.54) is 0 Å². The number of hydrogen-bond acceptors (Lipinski definition) is 5. The lowest BCUT2D eigenvalue weighted by molar-refractivity contribution is -0.129. The van der Waals surface area contributed by atoms with Crippen LogP contribution in [-0.2, 0) is 16.1 Å². The summed E-state index contributed by atoms with van der Waals surface area (Å²) >= 11 is 0. The van der Waals surface area contributed by atoms with Gasteiger partial charge in [0.05, 0.1) is 12.7 Å². The van der Waals surface area contributed by atoms with E-state index in [9.17, 15) is 4.79 Å². The molecule has 3 rings (SSSR count). The van der Waals surface area contributed by atoms with Gasteiger partial charge in [0.25, 0.3) is 0 Å². The smallest absolute Gasteiger partial charge is 0.240 e. The third-order valence-electron chi connectivity index (χ3n) is 3.53. The molecule has 0 bridgehead atoms. The fourth-order valence-corrected chi connectivity index (χ4v) is 2.45. The molecule has 2 atom stereocenters. The van der Waals surface area contributed by atoms with Crippen LogP contribution in [-0.4, -0.2) is 38.0 Å². The van der Waals surface area contributed by atoms with Crippen molar-refractivity contribution in [3.63, 3.8) is 0 Å². The number of ether oxygens (including phenoxy) is 3. The first-order valence-corrected chi connectivity index (χ1v) is 6.76. The summed E-state index contributed by atoms with van der Waals surface area (Å²) in [6.45, 7) is 3.88. The minimum absolute atomic E-state index is 0. The van der Waals surface area contributed by atoms with Gasteiger partial charge in [-0.1, -0.05) is 12.1 Å². The number of hydrogen-bond donors (Lipinski definition) is 2. The van der Waals surface area contributed by atoms with Gasteiger partial charge in [-0.15, -0.1) is 12.4 Å². The van der Waals surface area contributed by atoms with Crippen molar-refractivity contribution >= 4 is 18.3 Å². The van der Waals surface area contributed by atoms with Gasteiger partial charge in [-0.2, -0.15) is 0 Å². The van der Waals surface area contributed by atoms with E-state index < -0.39 is 0 Å². The predicted molar refractivity (Wildman–Crippen MR) is 78.9 cm³/mol. The number of para-hydroxylation sites is 1. The fourth-order valence-electron chi connectivity index (χ4n) is 2.45. The number of benzene rings is 1. The zero-order valence-electron chi connectivity index (χ0n) is 11.8. The van der Waals surface area contributed by atoms with Gasteiger partial charge in [-0.3, -0.25) is 4.79 Å². The lowest BCUT2D eigenvalue weighted by atomic mass is 10.1. The van der Waals surface area contributed by atoms with Crippen LogP contribution >= 0.6 is 12.4 Å². The van der Waals surface area contributed by atoms with Crippen LogP contribution in [0.2, 0.25) is 0 Å². The highest BCUT2D eigenvalue weighted by atomic mass is 35.5. The van der Waals surface area contributed by atoms with Crippen molar-refractivity contribution in [3.05, 3.63) is 23.8 Å². The van der Waals surface area contributed by atoms with Crippen molar-refractivity contribution in [2.45, 2.75) is 25.6 Å². The van der Waals surface area contributed by atoms with Crippen LogP contribution in [0.5, 0.6) is 11.5 Å². The van der Waals surface area contributed by atoms with Gasteiger partial charge in [0, 0.05) is 18.7 Å². The molecule has 2 aliphatic rings. The highest BCUT2D eigenvalue weighted by Gasteiger charge is 2.28. The molecule has 1 fully saturated rings. The lowest BCUT2D eigenvalue weighted by Crippen LogP contribution is -2.55. The maximum Gasteiger partial charge on any atom is 0.240 e. The van der Waals surface area contributed by atoms with E-state index in [0.29, 0.717) is 25.4 Å². The zero-order chi connectivity index (χ0) is 13.9. The van der Waals surface area contributed by atoms with Crippen molar-refractivity contribution in [1.82, 2.24) is 10.6 Å². The Bertz CT molecular complexity index is 512. The molecule has 0 saturated carbocycles. The van der Waals surface area contributed by atoms with Crippen LogP contribution in [0.1, 0.15) is 12.5 Å². The number of rotatable bonds is 3. The molecule has 21 heavy (non-hydrogen) atoms. The molecule has 6 nitrogen and oxygen atoms in total. The first-order valence-electron chi connectivity index (χ1n) is 6.76. The molecule has 116 valence electrons. The number of morpholine rings is 1. The van der Waals surface area contributed by atoms with Crippen molar-refractivity contribution in [1.29, 1.82) is 0 Å². The van der Waals surface area contributed by atoms with Gasteiger partial charge in [-0.25, -0.2) is 0 Å². The number of carbonyl (C=O) groups is 1. The van der Waals surface area contributed by atoms with Crippen LogP contribution in [0.15, 0.2) is 18.2 Å². The summed E-state index contributed by atoms with van der Waals surface area (Å²) in [5.74, 6) is 1.38. The zero-order valence-corrected chi connectivity index (χ0v) is 12.6. The van der Waals surface area contributed by atoms with E-state index in [4.69, 9.17) is 14.2 Å². The van der Waals surface area contributed by atoms with E-state index >= 15 is 0 Å². The lowest BCUT2D eigenvalue weighted by Gasteiger charge is -2.29. The molecule has 1 amide bonds. The van der Waals surface area contributed by atoms with Gasteiger partial charge >= 0.3 is 0 Å². The van der Waals surface area contributed by atoms with Gasteiger partial charge in [-0.05, 0) is 13.0 Å². The van der Waals surface area contributed by atoms with Gasteiger partial charge < -0.3 is 24.8 Å². The highest BCUT2D eigenvalue weighted by molar-refractivity contribution is 5.85. The van der Waals surface area contributed by atoms with Crippen molar-refractivity contribution < 1.29 is 19.0 Å². The normalized spacial score (nSPS) is 23.3. The summed E-state index contributed by atoms with van der Waals surface area (Å²) in [7, 11) is 0. The Morgan fingerprint density at radius 3 is 3.10 bits per heavy atom. The van der Waals surface area contributed by atoms with E-state index in [2.05, 4.69) is 10.6 Å². The van der Waals surface area contributed by atoms with E-state index in [1.807, 2.05) is 25.1 Å². The molecule has 1 aromatic carbocycles. The Morgan fingerprint density at radius 2 is 2.29 bits per heavy atom. The van der Waals surface area contributed by atoms with Gasteiger partial charge in [0.1, 0.15) is 6.04 Å². The Kier molecular flexibility index (Phi) is 5.27. The van der Waals surface area contributed by atoms with Crippen molar-refractivity contribution in [3.8, 4) is 11.5 Å². The molecule has 2 aliphatic heterocycles.